The van der Waals surface area contributed by atoms with Crippen LogP contribution < -0.4 is 11.1 Å². The van der Waals surface area contributed by atoms with Gasteiger partial charge in [0.2, 0.25) is 5.91 Å². The predicted octanol–water partition coefficient (Wildman–Crippen LogP) is 2.69. The van der Waals surface area contributed by atoms with Gasteiger partial charge < -0.3 is 11.1 Å². The van der Waals surface area contributed by atoms with Gasteiger partial charge in [0.1, 0.15) is 0 Å². The fourth-order valence-electron chi connectivity index (χ4n) is 2.73. The van der Waals surface area contributed by atoms with Crippen molar-refractivity contribution in [1.82, 2.24) is 4.90 Å². The Morgan fingerprint density at radius 2 is 1.75 bits per heavy atom. The maximum Gasteiger partial charge on any atom is 0.238 e. The molecule has 4 heteroatoms. The molecule has 0 aromatic heterocycles. The van der Waals surface area contributed by atoms with E-state index in [-0.39, 0.29) is 5.91 Å². The number of hydrogen-bond acceptors (Lipinski definition) is 3. The molecule has 2 aromatic carbocycles. The number of amides is 1. The van der Waals surface area contributed by atoms with Gasteiger partial charge in [-0.2, -0.15) is 0 Å². The molecule has 0 spiro atoms. The van der Waals surface area contributed by atoms with Crippen molar-refractivity contribution in [3.05, 3.63) is 65.7 Å². The van der Waals surface area contributed by atoms with Crippen molar-refractivity contribution in [3.8, 4) is 0 Å². The van der Waals surface area contributed by atoms with Crippen molar-refractivity contribution in [2.75, 3.05) is 31.5 Å². The predicted molar refractivity (Wildman–Crippen MR) is 100 cm³/mol. The van der Waals surface area contributed by atoms with Crippen molar-refractivity contribution in [1.29, 1.82) is 0 Å². The number of anilines is 1. The standard InChI is InChI=1S/C20H27N3O/c1-2-18-10-6-7-11-19(18)22-20(24)16-23(15-13-21)14-12-17-8-4-3-5-9-17/h3-11H,2,12-16,21H2,1H3,(H,22,24). The second-order valence-electron chi connectivity index (χ2n) is 5.86. The van der Waals surface area contributed by atoms with E-state index in [4.69, 9.17) is 5.73 Å². The lowest BCUT2D eigenvalue weighted by molar-refractivity contribution is -0.117. The van der Waals surface area contributed by atoms with E-state index in [1.165, 1.54) is 5.56 Å². The maximum atomic E-state index is 12.4. The minimum atomic E-state index is 0.0115. The molecule has 0 bridgehead atoms. The normalized spacial score (nSPS) is 10.8. The van der Waals surface area contributed by atoms with Crippen LogP contribution >= 0.6 is 0 Å². The van der Waals surface area contributed by atoms with Crippen molar-refractivity contribution in [2.45, 2.75) is 19.8 Å². The van der Waals surface area contributed by atoms with Crippen LogP contribution in [0.1, 0.15) is 18.1 Å². The third kappa shape index (κ3) is 5.80. The quantitative estimate of drug-likeness (QED) is 0.745. The number of carbonyl (C=O) groups excluding carboxylic acids is 1. The van der Waals surface area contributed by atoms with E-state index in [1.807, 2.05) is 42.5 Å². The zero-order valence-corrected chi connectivity index (χ0v) is 14.4. The fraction of sp³-hybridized carbons (Fsp3) is 0.350. The van der Waals surface area contributed by atoms with Crippen LogP contribution in [-0.2, 0) is 17.6 Å². The molecule has 0 heterocycles. The topological polar surface area (TPSA) is 58.4 Å². The summed E-state index contributed by atoms with van der Waals surface area (Å²) in [5.74, 6) is 0.0115. The SMILES string of the molecule is CCc1ccccc1NC(=O)CN(CCN)CCc1ccccc1. The van der Waals surface area contributed by atoms with E-state index in [0.717, 1.165) is 37.2 Å². The summed E-state index contributed by atoms with van der Waals surface area (Å²) in [6.45, 7) is 4.54. The number of nitrogens with two attached hydrogens (primary N) is 1. The first-order valence-corrected chi connectivity index (χ1v) is 8.57. The number of nitrogens with zero attached hydrogens (tertiary/aromatic N) is 1. The molecule has 2 aromatic rings. The first kappa shape index (κ1) is 18.2. The van der Waals surface area contributed by atoms with Gasteiger partial charge in [0.15, 0.2) is 0 Å². The largest absolute Gasteiger partial charge is 0.329 e. The number of carbonyl (C=O) groups is 1. The van der Waals surface area contributed by atoms with Gasteiger partial charge in [0.25, 0.3) is 0 Å². The first-order chi connectivity index (χ1) is 11.7. The average molecular weight is 325 g/mol. The highest BCUT2D eigenvalue weighted by Gasteiger charge is 2.11. The monoisotopic (exact) mass is 325 g/mol. The number of aryl methyl sites for hydroxylation is 1. The average Bonchev–Trinajstić information content (AvgIpc) is 2.61. The number of hydrogen-bond donors (Lipinski definition) is 2. The van der Waals surface area contributed by atoms with Crippen LogP contribution in [0.2, 0.25) is 0 Å². The Balaban J connectivity index is 1.90. The fourth-order valence-corrected chi connectivity index (χ4v) is 2.73. The van der Waals surface area contributed by atoms with Crippen LogP contribution in [0.15, 0.2) is 54.6 Å². The Bertz CT molecular complexity index is 628. The highest BCUT2D eigenvalue weighted by molar-refractivity contribution is 5.93. The van der Waals surface area contributed by atoms with E-state index in [2.05, 4.69) is 29.3 Å². The second kappa shape index (κ2) is 9.85. The van der Waals surface area contributed by atoms with E-state index < -0.39 is 0 Å². The molecular weight excluding hydrogens is 298 g/mol. The van der Waals surface area contributed by atoms with Gasteiger partial charge in [-0.1, -0.05) is 55.5 Å². The first-order valence-electron chi connectivity index (χ1n) is 8.57. The molecule has 0 saturated carbocycles. The van der Waals surface area contributed by atoms with Crippen LogP contribution in [0.3, 0.4) is 0 Å². The lowest BCUT2D eigenvalue weighted by Crippen LogP contribution is -2.38. The van der Waals surface area contributed by atoms with Gasteiger partial charge >= 0.3 is 0 Å². The van der Waals surface area contributed by atoms with Gasteiger partial charge in [-0.05, 0) is 30.0 Å². The molecule has 0 aliphatic heterocycles. The third-order valence-corrected chi connectivity index (χ3v) is 4.04. The molecule has 0 aliphatic carbocycles. The number of benzene rings is 2. The smallest absolute Gasteiger partial charge is 0.238 e. The van der Waals surface area contributed by atoms with E-state index in [1.54, 1.807) is 0 Å². The molecule has 3 N–H and O–H groups in total. The van der Waals surface area contributed by atoms with Crippen molar-refractivity contribution >= 4 is 11.6 Å². The molecule has 4 nitrogen and oxygen atoms in total. The summed E-state index contributed by atoms with van der Waals surface area (Å²) in [6, 6.07) is 18.2. The van der Waals surface area contributed by atoms with Gasteiger partial charge in [0, 0.05) is 25.3 Å². The lowest BCUT2D eigenvalue weighted by atomic mass is 10.1. The van der Waals surface area contributed by atoms with Crippen LogP contribution in [0, 0.1) is 0 Å². The Hall–Kier alpha value is -2.17. The van der Waals surface area contributed by atoms with Gasteiger partial charge in [-0.25, -0.2) is 0 Å². The maximum absolute atomic E-state index is 12.4. The van der Waals surface area contributed by atoms with Crippen LogP contribution in [0.5, 0.6) is 0 Å². The van der Waals surface area contributed by atoms with E-state index in [0.29, 0.717) is 13.1 Å². The molecule has 24 heavy (non-hydrogen) atoms. The zero-order chi connectivity index (χ0) is 17.2. The Kier molecular flexibility index (Phi) is 7.46. The zero-order valence-electron chi connectivity index (χ0n) is 14.4. The summed E-state index contributed by atoms with van der Waals surface area (Å²) >= 11 is 0. The van der Waals surface area contributed by atoms with Crippen LogP contribution in [0.4, 0.5) is 5.69 Å². The molecule has 0 aliphatic rings. The molecule has 128 valence electrons. The molecule has 0 unspecified atom stereocenters. The second-order valence-corrected chi connectivity index (χ2v) is 5.86. The molecule has 0 fully saturated rings. The lowest BCUT2D eigenvalue weighted by Gasteiger charge is -2.21. The number of nitrogens with one attached hydrogen (secondary N) is 1. The van der Waals surface area contributed by atoms with Gasteiger partial charge in [-0.3, -0.25) is 9.69 Å². The highest BCUT2D eigenvalue weighted by Crippen LogP contribution is 2.15. The molecule has 1 amide bonds. The van der Waals surface area contributed by atoms with Crippen molar-refractivity contribution in [2.24, 2.45) is 5.73 Å². The molecule has 0 radical (unpaired) electrons. The van der Waals surface area contributed by atoms with Crippen molar-refractivity contribution in [3.63, 3.8) is 0 Å². The summed E-state index contributed by atoms with van der Waals surface area (Å²) in [6.07, 6.45) is 1.82. The molecule has 0 atom stereocenters. The summed E-state index contributed by atoms with van der Waals surface area (Å²) in [5.41, 5.74) is 9.03. The molecular formula is C20H27N3O. The molecule has 0 saturated heterocycles. The van der Waals surface area contributed by atoms with E-state index >= 15 is 0 Å². The van der Waals surface area contributed by atoms with Crippen LogP contribution in [0.25, 0.3) is 0 Å². The summed E-state index contributed by atoms with van der Waals surface area (Å²) in [7, 11) is 0. The Morgan fingerprint density at radius 1 is 1.04 bits per heavy atom. The summed E-state index contributed by atoms with van der Waals surface area (Å²) < 4.78 is 0. The molecule has 2 rings (SSSR count). The summed E-state index contributed by atoms with van der Waals surface area (Å²) in [4.78, 5) is 14.5. The van der Waals surface area contributed by atoms with E-state index in [9.17, 15) is 4.79 Å². The third-order valence-electron chi connectivity index (χ3n) is 4.04. The Labute approximate surface area is 144 Å². The summed E-state index contributed by atoms with van der Waals surface area (Å²) in [5, 5.41) is 3.03. The minimum Gasteiger partial charge on any atom is -0.329 e. The van der Waals surface area contributed by atoms with Gasteiger partial charge in [-0.15, -0.1) is 0 Å². The van der Waals surface area contributed by atoms with Gasteiger partial charge in [0.05, 0.1) is 6.54 Å². The number of rotatable bonds is 9. The number of para-hydroxylation sites is 1. The highest BCUT2D eigenvalue weighted by atomic mass is 16.2. The van der Waals surface area contributed by atoms with Crippen LogP contribution in [-0.4, -0.2) is 37.0 Å². The minimum absolute atomic E-state index is 0.0115. The van der Waals surface area contributed by atoms with Crippen molar-refractivity contribution < 1.29 is 4.79 Å². The Morgan fingerprint density at radius 3 is 2.46 bits per heavy atom.